The monoisotopic (exact) mass is 54.1 g/mol. The van der Waals surface area contributed by atoms with E-state index in [0.29, 0.717) is 0 Å². The molecule has 0 unspecified atom stereocenters. The number of aliphatic hydroxyl groups is 1. The van der Waals surface area contributed by atoms with Crippen molar-refractivity contribution in [2.45, 2.75) is 6.92 Å². The first-order chi connectivity index (χ1) is 1.41. The van der Waals surface area contributed by atoms with Crippen molar-refractivity contribution in [3.8, 4) is 0 Å². The predicted molar refractivity (Wildman–Crippen MR) is 19.9 cm³/mol. The van der Waals surface area contributed by atoms with Crippen LogP contribution in [0.1, 0.15) is 6.92 Å². The average molecular weight is 54.0 g/mol. The van der Waals surface area contributed by atoms with E-state index in [0.717, 1.165) is 0 Å². The zero-order valence-electron chi connectivity index (χ0n) is 2.15. The van der Waals surface area contributed by atoms with E-state index in [1.165, 1.54) is 0 Å². The van der Waals surface area contributed by atoms with Gasteiger partial charge < -0.3 is 5.11 Å². The maximum absolute atomic E-state index is 7.57. The third-order valence-electron chi connectivity index (χ3n) is 0. The Morgan fingerprint density at radius 3 is 1.75 bits per heavy atom. The zero-order chi connectivity index (χ0) is 2.71. The summed E-state index contributed by atoms with van der Waals surface area (Å²) in [7, 11) is 0. The zero-order valence-corrected chi connectivity index (χ0v) is 2.15. The van der Waals surface area contributed by atoms with Crippen LogP contribution in [-0.4, -0.2) is 30.6 Å². The van der Waals surface area contributed by atoms with Crippen LogP contribution in [0.2, 0.25) is 0 Å². The van der Waals surface area contributed by atoms with Crippen LogP contribution in [-0.2, 0) is 0 Å². The fourth-order valence-corrected chi connectivity index (χ4v) is 0. The molecule has 0 aliphatic rings. The molecule has 0 saturated heterocycles. The van der Waals surface area contributed by atoms with Crippen molar-refractivity contribution in [2.24, 2.45) is 0 Å². The van der Waals surface area contributed by atoms with Crippen LogP contribution >= 0.6 is 0 Å². The first kappa shape index (κ1) is 8.82. The summed E-state index contributed by atoms with van der Waals surface area (Å²) in [5, 5.41) is 7.57. The second-order valence-corrected chi connectivity index (χ2v) is 0.316. The normalized spacial score (nSPS) is 4.50. The molecule has 0 aromatic heterocycles. The van der Waals surface area contributed by atoms with Crippen LogP contribution in [0.15, 0.2) is 0 Å². The van der Waals surface area contributed by atoms with Crippen molar-refractivity contribution < 1.29 is 5.11 Å². The Morgan fingerprint density at radius 2 is 1.75 bits per heavy atom. The minimum absolute atomic E-state index is 0. The van der Waals surface area contributed by atoms with Gasteiger partial charge in [-0.15, -0.1) is 0 Å². The van der Waals surface area contributed by atoms with Gasteiger partial charge in [0.05, 0.1) is 0 Å². The van der Waals surface area contributed by atoms with Gasteiger partial charge in [0.2, 0.25) is 0 Å². The van der Waals surface area contributed by atoms with Crippen LogP contribution < -0.4 is 0 Å². The van der Waals surface area contributed by atoms with E-state index in [1.54, 1.807) is 6.92 Å². The first-order valence-corrected chi connectivity index (χ1v) is 1.02. The Bertz CT molecular complexity index is 6.00. The summed E-state index contributed by atoms with van der Waals surface area (Å²) in [4.78, 5) is 0. The number of hydrogen-bond acceptors (Lipinski definition) is 1. The third kappa shape index (κ3) is 20.0. The van der Waals surface area contributed by atoms with Crippen LogP contribution in [0.25, 0.3) is 0 Å². The Morgan fingerprint density at radius 1 is 1.75 bits per heavy atom. The second kappa shape index (κ2) is 9.59. The Hall–Kier alpha value is 0.557. The van der Waals surface area contributed by atoms with Crippen molar-refractivity contribution >= 4 is 18.9 Å². The fraction of sp³-hybridized carbons (Fsp3) is 1.00. The van der Waals surface area contributed by atoms with Crippen LogP contribution in [0.5, 0.6) is 0 Å². The Labute approximate surface area is 38.2 Å². The first-order valence-electron chi connectivity index (χ1n) is 1.02. The molecule has 22 valence electrons. The summed E-state index contributed by atoms with van der Waals surface area (Å²) in [6, 6.07) is 0. The maximum atomic E-state index is 7.57. The van der Waals surface area contributed by atoms with Gasteiger partial charge in [-0.3, -0.25) is 0 Å². The molecule has 0 radical (unpaired) electrons. The van der Waals surface area contributed by atoms with Crippen molar-refractivity contribution in [3.63, 3.8) is 0 Å². The summed E-state index contributed by atoms with van der Waals surface area (Å²) in [5.41, 5.74) is 0. The molecule has 4 heavy (non-hydrogen) atoms. The van der Waals surface area contributed by atoms with E-state index in [4.69, 9.17) is 5.11 Å². The van der Waals surface area contributed by atoms with E-state index in [1.807, 2.05) is 0 Å². The molecule has 0 atom stereocenters. The summed E-state index contributed by atoms with van der Waals surface area (Å²) >= 11 is 0. The van der Waals surface area contributed by atoms with Gasteiger partial charge in [0.1, 0.15) is 0 Å². The molecule has 0 saturated carbocycles. The van der Waals surface area contributed by atoms with E-state index < -0.39 is 0 Å². The Balaban J connectivity index is 0. The summed E-state index contributed by atoms with van der Waals surface area (Å²) in [6.07, 6.45) is 0. The van der Waals surface area contributed by atoms with Gasteiger partial charge >= 0.3 is 18.9 Å². The molecule has 0 aliphatic carbocycles. The number of hydrogen-bond donors (Lipinski definition) is 1. The van der Waals surface area contributed by atoms with Crippen molar-refractivity contribution in [3.05, 3.63) is 0 Å². The van der Waals surface area contributed by atoms with Crippen LogP contribution in [0, 0.1) is 0 Å². The van der Waals surface area contributed by atoms with Gasteiger partial charge in [0.15, 0.2) is 0 Å². The predicted octanol–water partition coefficient (Wildman–Crippen LogP) is -0.650. The molecule has 0 aliphatic heterocycles. The molecule has 0 aromatic carbocycles. The summed E-state index contributed by atoms with van der Waals surface area (Å²) in [5.74, 6) is 0. The van der Waals surface area contributed by atoms with Gasteiger partial charge in [-0.25, -0.2) is 0 Å². The number of rotatable bonds is 0. The standard InChI is InChI=1S/C2H6O.Li.H/c1-2-3;;/h3H,2H2,1H3;;. The molecule has 0 fully saturated rings. The summed E-state index contributed by atoms with van der Waals surface area (Å²) < 4.78 is 0. The van der Waals surface area contributed by atoms with Crippen molar-refractivity contribution in [1.29, 1.82) is 0 Å². The quantitative estimate of drug-likeness (QED) is 0.364. The van der Waals surface area contributed by atoms with Gasteiger partial charge in [0, 0.05) is 6.61 Å². The third-order valence-corrected chi connectivity index (χ3v) is 0. The van der Waals surface area contributed by atoms with Crippen LogP contribution in [0.4, 0.5) is 0 Å². The molecule has 0 amide bonds. The molecule has 0 bridgehead atoms. The molecule has 0 spiro atoms. The Kier molecular flexibility index (Phi) is 21.1. The van der Waals surface area contributed by atoms with Gasteiger partial charge in [-0.2, -0.15) is 0 Å². The molecule has 0 rings (SSSR count). The fourth-order valence-electron chi connectivity index (χ4n) is 0. The molecule has 1 nitrogen and oxygen atoms in total. The average Bonchev–Trinajstić information content (AvgIpc) is 0.918. The molecular formula is C2H7LiO. The second-order valence-electron chi connectivity index (χ2n) is 0.316. The van der Waals surface area contributed by atoms with E-state index in [2.05, 4.69) is 0 Å². The topological polar surface area (TPSA) is 20.2 Å². The van der Waals surface area contributed by atoms with Gasteiger partial charge in [0.25, 0.3) is 0 Å². The molecule has 2 heteroatoms. The number of aliphatic hydroxyl groups excluding tert-OH is 1. The van der Waals surface area contributed by atoms with Crippen LogP contribution in [0.3, 0.4) is 0 Å². The van der Waals surface area contributed by atoms with Gasteiger partial charge in [-0.05, 0) is 6.92 Å². The van der Waals surface area contributed by atoms with E-state index in [-0.39, 0.29) is 25.5 Å². The summed E-state index contributed by atoms with van der Waals surface area (Å²) in [6.45, 7) is 1.93. The SMILES string of the molecule is CCO.[LiH]. The van der Waals surface area contributed by atoms with Crippen molar-refractivity contribution in [2.75, 3.05) is 6.61 Å². The van der Waals surface area contributed by atoms with Crippen molar-refractivity contribution in [1.82, 2.24) is 0 Å². The van der Waals surface area contributed by atoms with E-state index in [9.17, 15) is 0 Å². The van der Waals surface area contributed by atoms with Gasteiger partial charge in [-0.1, -0.05) is 0 Å². The van der Waals surface area contributed by atoms with E-state index >= 15 is 0 Å². The molecular weight excluding hydrogens is 47.0 g/mol. The minimum atomic E-state index is 0. The molecule has 0 heterocycles. The molecule has 1 N–H and O–H groups in total. The molecule has 0 aromatic rings.